The van der Waals surface area contributed by atoms with E-state index in [-0.39, 0.29) is 30.0 Å². The van der Waals surface area contributed by atoms with E-state index in [9.17, 15) is 19.2 Å². The Morgan fingerprint density at radius 2 is 1.83 bits per heavy atom. The maximum absolute atomic E-state index is 13.9. The molecule has 5 fully saturated rings. The van der Waals surface area contributed by atoms with E-state index in [2.05, 4.69) is 0 Å². The van der Waals surface area contributed by atoms with E-state index < -0.39 is 47.3 Å². The lowest BCUT2D eigenvalue weighted by atomic mass is 9.74. The fraction of sp³-hybridized carbons (Fsp3) is 0.818. The molecule has 164 valence electrons. The number of ether oxygens (including phenoxy) is 3. The lowest BCUT2D eigenvalue weighted by Crippen LogP contribution is -2.53. The zero-order valence-corrected chi connectivity index (χ0v) is 17.7. The van der Waals surface area contributed by atoms with E-state index in [1.165, 1.54) is 0 Å². The minimum Gasteiger partial charge on any atom is -0.460 e. The highest BCUT2D eigenvalue weighted by Crippen LogP contribution is 2.62. The number of amides is 1. The van der Waals surface area contributed by atoms with Crippen LogP contribution in [0.3, 0.4) is 0 Å². The molecule has 8 heteroatoms. The van der Waals surface area contributed by atoms with Crippen molar-refractivity contribution in [2.45, 2.75) is 88.7 Å². The van der Waals surface area contributed by atoms with Crippen LogP contribution in [0.5, 0.6) is 0 Å². The van der Waals surface area contributed by atoms with Crippen molar-refractivity contribution in [3.8, 4) is 0 Å². The summed E-state index contributed by atoms with van der Waals surface area (Å²) in [5.74, 6) is -2.45. The van der Waals surface area contributed by atoms with Crippen LogP contribution in [0.25, 0.3) is 0 Å². The van der Waals surface area contributed by atoms with Crippen molar-refractivity contribution in [3.63, 3.8) is 0 Å². The second kappa shape index (κ2) is 6.52. The fourth-order valence-corrected chi connectivity index (χ4v) is 6.36. The standard InChI is InChI=1S/C22H29NO7/c1-4-21-17-16(12(3)19(26)29-17)14(24)10-13(15-9-11(2)18(25)28-15)23-8-6-5-7-22(21,30-21)20(23)27/h11-13,15-17H,4-10H2,1-3H3/t11-,12-,13-,15-,16+,17-,21+,22-/m0/s1. The summed E-state index contributed by atoms with van der Waals surface area (Å²) >= 11 is 0. The predicted octanol–water partition coefficient (Wildman–Crippen LogP) is 1.39. The number of hydrogen-bond donors (Lipinski definition) is 0. The molecule has 0 N–H and O–H groups in total. The highest BCUT2D eigenvalue weighted by atomic mass is 16.7. The Morgan fingerprint density at radius 3 is 2.50 bits per heavy atom. The molecule has 0 radical (unpaired) electrons. The van der Waals surface area contributed by atoms with Gasteiger partial charge in [-0.3, -0.25) is 19.2 Å². The molecule has 30 heavy (non-hydrogen) atoms. The second-order valence-electron chi connectivity index (χ2n) is 9.65. The number of esters is 2. The molecule has 0 aromatic carbocycles. The topological polar surface area (TPSA) is 103 Å². The molecule has 2 bridgehead atoms. The monoisotopic (exact) mass is 419 g/mol. The average Bonchev–Trinajstić information content (AvgIpc) is 3.19. The molecule has 0 unspecified atom stereocenters. The summed E-state index contributed by atoms with van der Waals surface area (Å²) in [6.07, 6.45) is 1.92. The van der Waals surface area contributed by atoms with Gasteiger partial charge in [-0.05, 0) is 32.1 Å². The summed E-state index contributed by atoms with van der Waals surface area (Å²) in [6.45, 7) is 5.95. The van der Waals surface area contributed by atoms with Crippen LogP contribution in [0.15, 0.2) is 0 Å². The number of epoxide rings is 1. The number of ketones is 1. The first kappa shape index (κ1) is 20.0. The van der Waals surface area contributed by atoms with Crippen LogP contribution in [0.2, 0.25) is 0 Å². The first-order valence-electron chi connectivity index (χ1n) is 11.2. The molecule has 0 aromatic heterocycles. The van der Waals surface area contributed by atoms with Gasteiger partial charge >= 0.3 is 11.9 Å². The molecule has 5 aliphatic heterocycles. The van der Waals surface area contributed by atoms with E-state index >= 15 is 0 Å². The van der Waals surface area contributed by atoms with Crippen LogP contribution in [0, 0.1) is 17.8 Å². The highest BCUT2D eigenvalue weighted by molar-refractivity contribution is 5.96. The average molecular weight is 419 g/mol. The Bertz CT molecular complexity index is 826. The molecule has 1 amide bonds. The summed E-state index contributed by atoms with van der Waals surface area (Å²) in [7, 11) is 0. The fourth-order valence-electron chi connectivity index (χ4n) is 6.36. The lowest BCUT2D eigenvalue weighted by Gasteiger charge is -2.35. The van der Waals surface area contributed by atoms with Crippen LogP contribution >= 0.6 is 0 Å². The van der Waals surface area contributed by atoms with Gasteiger partial charge in [-0.25, -0.2) is 0 Å². The van der Waals surface area contributed by atoms with Crippen molar-refractivity contribution < 1.29 is 33.4 Å². The SMILES string of the molecule is CC[C@]12O[C@]13CCCCN(C3=O)[C@H]([C@@H]1C[C@H](C)C(=O)O1)CC(=O)[C@H]1[C@H](C)C(=O)O[C@@H]12. The van der Waals surface area contributed by atoms with Gasteiger partial charge in [0, 0.05) is 13.0 Å². The van der Waals surface area contributed by atoms with Crippen LogP contribution in [0.4, 0.5) is 0 Å². The van der Waals surface area contributed by atoms with Crippen molar-refractivity contribution in [1.29, 1.82) is 0 Å². The molecular weight excluding hydrogens is 390 g/mol. The van der Waals surface area contributed by atoms with Gasteiger partial charge in [0.15, 0.2) is 5.60 Å². The number of cyclic esters (lactones) is 1. The largest absolute Gasteiger partial charge is 0.460 e. The van der Waals surface area contributed by atoms with E-state index in [4.69, 9.17) is 14.2 Å². The van der Waals surface area contributed by atoms with E-state index in [1.54, 1.807) is 18.7 Å². The van der Waals surface area contributed by atoms with Crippen LogP contribution < -0.4 is 0 Å². The zero-order valence-electron chi connectivity index (χ0n) is 17.7. The normalized spacial score (nSPS) is 48.0. The smallest absolute Gasteiger partial charge is 0.309 e. The Labute approximate surface area is 175 Å². The number of fused-ring (bicyclic) bond motifs is 3. The van der Waals surface area contributed by atoms with E-state index in [0.717, 1.165) is 12.8 Å². The number of rotatable bonds is 2. The first-order chi connectivity index (χ1) is 14.3. The Balaban J connectivity index is 1.61. The third-order valence-corrected chi connectivity index (χ3v) is 8.11. The molecule has 5 heterocycles. The van der Waals surface area contributed by atoms with Gasteiger partial charge in [0.1, 0.15) is 23.6 Å². The molecule has 0 saturated carbocycles. The number of carbonyl (C=O) groups excluding carboxylic acids is 4. The van der Waals surface area contributed by atoms with Crippen molar-refractivity contribution >= 4 is 23.6 Å². The molecule has 5 rings (SSSR count). The third kappa shape index (κ3) is 2.43. The number of nitrogens with zero attached hydrogens (tertiary/aromatic N) is 1. The Kier molecular flexibility index (Phi) is 4.34. The summed E-state index contributed by atoms with van der Waals surface area (Å²) in [4.78, 5) is 53.7. The van der Waals surface area contributed by atoms with Gasteiger partial charge in [-0.1, -0.05) is 20.8 Å². The van der Waals surface area contributed by atoms with Gasteiger partial charge in [0.2, 0.25) is 0 Å². The zero-order chi connectivity index (χ0) is 21.4. The summed E-state index contributed by atoms with van der Waals surface area (Å²) < 4.78 is 17.6. The predicted molar refractivity (Wildman–Crippen MR) is 102 cm³/mol. The molecule has 1 spiro atoms. The van der Waals surface area contributed by atoms with Gasteiger partial charge in [-0.15, -0.1) is 0 Å². The summed E-state index contributed by atoms with van der Waals surface area (Å²) in [5, 5.41) is 0. The molecule has 8 atom stereocenters. The van der Waals surface area contributed by atoms with Gasteiger partial charge in [0.25, 0.3) is 5.91 Å². The van der Waals surface area contributed by atoms with Crippen LogP contribution in [-0.4, -0.2) is 64.5 Å². The van der Waals surface area contributed by atoms with Crippen molar-refractivity contribution in [2.75, 3.05) is 6.54 Å². The number of carbonyl (C=O) groups is 4. The van der Waals surface area contributed by atoms with E-state index in [1.807, 2.05) is 6.92 Å². The maximum atomic E-state index is 13.9. The molecule has 5 aliphatic rings. The highest BCUT2D eigenvalue weighted by Gasteiger charge is 2.81. The maximum Gasteiger partial charge on any atom is 0.309 e. The van der Waals surface area contributed by atoms with Crippen LogP contribution in [-0.2, 0) is 33.4 Å². The first-order valence-corrected chi connectivity index (χ1v) is 11.2. The van der Waals surface area contributed by atoms with Crippen molar-refractivity contribution in [2.24, 2.45) is 17.8 Å². The molecule has 8 nitrogen and oxygen atoms in total. The third-order valence-electron chi connectivity index (χ3n) is 8.11. The molecule has 0 aliphatic carbocycles. The van der Waals surface area contributed by atoms with Gasteiger partial charge < -0.3 is 19.1 Å². The number of Topliss-reactive ketones (excluding diaryl/α,β-unsaturated/α-hetero) is 1. The quantitative estimate of drug-likeness (QED) is 0.492. The summed E-state index contributed by atoms with van der Waals surface area (Å²) in [6, 6.07) is -0.533. The Morgan fingerprint density at radius 1 is 1.07 bits per heavy atom. The summed E-state index contributed by atoms with van der Waals surface area (Å²) in [5.41, 5.74) is -2.02. The Hall–Kier alpha value is -1.96. The van der Waals surface area contributed by atoms with Gasteiger partial charge in [0.05, 0.1) is 23.8 Å². The molecule has 0 aromatic rings. The van der Waals surface area contributed by atoms with Crippen molar-refractivity contribution in [3.05, 3.63) is 0 Å². The van der Waals surface area contributed by atoms with Crippen LogP contribution in [0.1, 0.15) is 59.3 Å². The van der Waals surface area contributed by atoms with Crippen molar-refractivity contribution in [1.82, 2.24) is 4.90 Å². The number of hydrogen-bond acceptors (Lipinski definition) is 7. The lowest BCUT2D eigenvalue weighted by molar-refractivity contribution is -0.152. The van der Waals surface area contributed by atoms with Gasteiger partial charge in [-0.2, -0.15) is 0 Å². The molecular formula is C22H29NO7. The van der Waals surface area contributed by atoms with E-state index in [0.29, 0.717) is 25.8 Å². The second-order valence-corrected chi connectivity index (χ2v) is 9.65. The minimum absolute atomic E-state index is 0.0639. The molecule has 5 saturated heterocycles. The minimum atomic E-state index is -1.07.